The van der Waals surface area contributed by atoms with E-state index in [1.807, 2.05) is 37.3 Å². The molecule has 0 bridgehead atoms. The highest BCUT2D eigenvalue weighted by atomic mass is 19.1. The molecule has 18 heavy (non-hydrogen) atoms. The van der Waals surface area contributed by atoms with Gasteiger partial charge >= 0.3 is 0 Å². The van der Waals surface area contributed by atoms with Crippen molar-refractivity contribution in [3.63, 3.8) is 0 Å². The average molecular weight is 247 g/mol. The van der Waals surface area contributed by atoms with Gasteiger partial charge in [0.05, 0.1) is 0 Å². The van der Waals surface area contributed by atoms with Crippen molar-refractivity contribution < 1.29 is 8.78 Å². The van der Waals surface area contributed by atoms with Crippen molar-refractivity contribution in [1.29, 1.82) is 0 Å². The summed E-state index contributed by atoms with van der Waals surface area (Å²) in [5, 5.41) is 2.89. The minimum absolute atomic E-state index is 0.0636. The van der Waals surface area contributed by atoms with E-state index in [1.54, 1.807) is 6.92 Å². The third-order valence-corrected chi connectivity index (χ3v) is 2.94. The summed E-state index contributed by atoms with van der Waals surface area (Å²) < 4.78 is 27.4. The van der Waals surface area contributed by atoms with Crippen LogP contribution in [0.1, 0.15) is 24.1 Å². The number of aryl methyl sites for hydroxylation is 1. The summed E-state index contributed by atoms with van der Waals surface area (Å²) in [6.07, 6.45) is 0. The summed E-state index contributed by atoms with van der Waals surface area (Å²) in [5.41, 5.74) is 1.35. The Morgan fingerprint density at radius 3 is 2.33 bits per heavy atom. The first-order valence-electron chi connectivity index (χ1n) is 5.85. The molecule has 2 rings (SSSR count). The molecule has 0 saturated heterocycles. The first kappa shape index (κ1) is 12.6. The number of halogens is 2. The van der Waals surface area contributed by atoms with Gasteiger partial charge in [0.25, 0.3) is 0 Å². The molecular weight excluding hydrogens is 232 g/mol. The molecule has 94 valence electrons. The fraction of sp³-hybridized carbons (Fsp3) is 0.200. The van der Waals surface area contributed by atoms with Crippen molar-refractivity contribution in [1.82, 2.24) is 0 Å². The lowest BCUT2D eigenvalue weighted by molar-refractivity contribution is 0.579. The van der Waals surface area contributed by atoms with Crippen LogP contribution in [0.4, 0.5) is 14.5 Å². The number of rotatable bonds is 3. The summed E-state index contributed by atoms with van der Waals surface area (Å²) >= 11 is 0. The van der Waals surface area contributed by atoms with Crippen LogP contribution in [-0.4, -0.2) is 0 Å². The molecule has 0 heterocycles. The van der Waals surface area contributed by atoms with E-state index in [-0.39, 0.29) is 11.7 Å². The van der Waals surface area contributed by atoms with Crippen molar-refractivity contribution >= 4 is 5.69 Å². The number of anilines is 1. The van der Waals surface area contributed by atoms with Gasteiger partial charge in [0.1, 0.15) is 11.5 Å². The van der Waals surface area contributed by atoms with E-state index in [2.05, 4.69) is 5.32 Å². The molecule has 1 N–H and O–H groups in total. The van der Waals surface area contributed by atoms with Crippen molar-refractivity contribution in [2.24, 2.45) is 0 Å². The normalized spacial score (nSPS) is 12.2. The van der Waals surface area contributed by atoms with Crippen LogP contribution in [0.2, 0.25) is 0 Å². The fourth-order valence-corrected chi connectivity index (χ4v) is 1.83. The van der Waals surface area contributed by atoms with Gasteiger partial charge in [-0.25, -0.2) is 8.78 Å². The van der Waals surface area contributed by atoms with Gasteiger partial charge in [0.2, 0.25) is 0 Å². The predicted molar refractivity (Wildman–Crippen MR) is 69.6 cm³/mol. The molecule has 0 amide bonds. The largest absolute Gasteiger partial charge is 0.374 e. The molecular formula is C15H15F2N. The van der Waals surface area contributed by atoms with Gasteiger partial charge in [-0.05, 0) is 31.0 Å². The van der Waals surface area contributed by atoms with Crippen LogP contribution >= 0.6 is 0 Å². The highest BCUT2D eigenvalue weighted by Gasteiger charge is 2.14. The highest BCUT2D eigenvalue weighted by Crippen LogP contribution is 2.26. The monoisotopic (exact) mass is 247 g/mol. The SMILES string of the molecule is Cc1ccc(F)c(NC(C)c2ccccc2)c1F. The van der Waals surface area contributed by atoms with Gasteiger partial charge < -0.3 is 5.32 Å². The van der Waals surface area contributed by atoms with Crippen LogP contribution in [0.15, 0.2) is 42.5 Å². The Morgan fingerprint density at radius 2 is 1.67 bits per heavy atom. The molecule has 0 spiro atoms. The second kappa shape index (κ2) is 5.17. The van der Waals surface area contributed by atoms with E-state index in [0.717, 1.165) is 5.56 Å². The van der Waals surface area contributed by atoms with Crippen LogP contribution in [0.25, 0.3) is 0 Å². The molecule has 2 aromatic rings. The first-order chi connectivity index (χ1) is 8.59. The van der Waals surface area contributed by atoms with E-state index in [4.69, 9.17) is 0 Å². The number of hydrogen-bond donors (Lipinski definition) is 1. The highest BCUT2D eigenvalue weighted by molar-refractivity contribution is 5.50. The van der Waals surface area contributed by atoms with Gasteiger partial charge in [-0.15, -0.1) is 0 Å². The Balaban J connectivity index is 2.27. The van der Waals surface area contributed by atoms with Crippen molar-refractivity contribution in [3.05, 3.63) is 65.2 Å². The Morgan fingerprint density at radius 1 is 1.00 bits per heavy atom. The summed E-state index contributed by atoms with van der Waals surface area (Å²) in [5.74, 6) is -1.10. The summed E-state index contributed by atoms with van der Waals surface area (Å²) in [7, 11) is 0. The van der Waals surface area contributed by atoms with E-state index < -0.39 is 11.6 Å². The third-order valence-electron chi connectivity index (χ3n) is 2.94. The van der Waals surface area contributed by atoms with Crippen molar-refractivity contribution in [2.75, 3.05) is 5.32 Å². The molecule has 0 aliphatic heterocycles. The Kier molecular flexibility index (Phi) is 3.60. The lowest BCUT2D eigenvalue weighted by atomic mass is 10.1. The summed E-state index contributed by atoms with van der Waals surface area (Å²) in [4.78, 5) is 0. The van der Waals surface area contributed by atoms with Crippen LogP contribution in [0.3, 0.4) is 0 Å². The lowest BCUT2D eigenvalue weighted by Crippen LogP contribution is -2.10. The molecule has 1 unspecified atom stereocenters. The molecule has 0 fully saturated rings. The van der Waals surface area contributed by atoms with Crippen molar-refractivity contribution in [2.45, 2.75) is 19.9 Å². The second-order valence-electron chi connectivity index (χ2n) is 4.33. The first-order valence-corrected chi connectivity index (χ1v) is 5.85. The third kappa shape index (κ3) is 2.50. The number of benzene rings is 2. The predicted octanol–water partition coefficient (Wildman–Crippen LogP) is 4.45. The molecule has 0 radical (unpaired) electrons. The summed E-state index contributed by atoms with van der Waals surface area (Å²) in [6, 6.07) is 12.1. The summed E-state index contributed by atoms with van der Waals surface area (Å²) in [6.45, 7) is 3.49. The van der Waals surface area contributed by atoms with Gasteiger partial charge in [-0.1, -0.05) is 36.4 Å². The van der Waals surface area contributed by atoms with Gasteiger partial charge in [-0.2, -0.15) is 0 Å². The average Bonchev–Trinajstić information content (AvgIpc) is 2.40. The number of nitrogens with one attached hydrogen (secondary N) is 1. The zero-order valence-corrected chi connectivity index (χ0v) is 10.4. The molecule has 3 heteroatoms. The van der Waals surface area contributed by atoms with E-state index >= 15 is 0 Å². The van der Waals surface area contributed by atoms with Gasteiger partial charge in [0.15, 0.2) is 5.82 Å². The fourth-order valence-electron chi connectivity index (χ4n) is 1.83. The maximum absolute atomic E-state index is 13.8. The minimum atomic E-state index is -0.569. The quantitative estimate of drug-likeness (QED) is 0.845. The zero-order valence-electron chi connectivity index (χ0n) is 10.4. The zero-order chi connectivity index (χ0) is 13.1. The van der Waals surface area contributed by atoms with Gasteiger partial charge in [0, 0.05) is 6.04 Å². The Bertz CT molecular complexity index is 538. The Labute approximate surface area is 105 Å². The van der Waals surface area contributed by atoms with E-state index in [0.29, 0.717) is 5.56 Å². The smallest absolute Gasteiger partial charge is 0.152 e. The van der Waals surface area contributed by atoms with Crippen LogP contribution in [-0.2, 0) is 0 Å². The van der Waals surface area contributed by atoms with Crippen LogP contribution in [0, 0.1) is 18.6 Å². The molecule has 2 aromatic carbocycles. The molecule has 0 aliphatic carbocycles. The number of hydrogen-bond acceptors (Lipinski definition) is 1. The van der Waals surface area contributed by atoms with E-state index in [1.165, 1.54) is 12.1 Å². The molecule has 0 aromatic heterocycles. The molecule has 0 saturated carbocycles. The van der Waals surface area contributed by atoms with Crippen LogP contribution in [0.5, 0.6) is 0 Å². The molecule has 1 nitrogen and oxygen atoms in total. The molecule has 1 atom stereocenters. The lowest BCUT2D eigenvalue weighted by Gasteiger charge is -2.17. The van der Waals surface area contributed by atoms with Crippen LogP contribution < -0.4 is 5.32 Å². The topological polar surface area (TPSA) is 12.0 Å². The molecule has 0 aliphatic rings. The van der Waals surface area contributed by atoms with E-state index in [9.17, 15) is 8.78 Å². The maximum atomic E-state index is 13.8. The van der Waals surface area contributed by atoms with Gasteiger partial charge in [-0.3, -0.25) is 0 Å². The Hall–Kier alpha value is -1.90. The maximum Gasteiger partial charge on any atom is 0.152 e. The minimum Gasteiger partial charge on any atom is -0.374 e. The standard InChI is InChI=1S/C15H15F2N/c1-10-8-9-13(16)15(14(10)17)18-11(2)12-6-4-3-5-7-12/h3-9,11,18H,1-2H3. The van der Waals surface area contributed by atoms with Crippen molar-refractivity contribution in [3.8, 4) is 0 Å². The second-order valence-corrected chi connectivity index (χ2v) is 4.33.